The first-order valence-electron chi connectivity index (χ1n) is 5.21. The fraction of sp³-hybridized carbons (Fsp3) is 0.182. The van der Waals surface area contributed by atoms with E-state index in [4.69, 9.17) is 11.6 Å². The normalized spacial score (nSPS) is 10.3. The number of aromatic amines is 1. The van der Waals surface area contributed by atoms with E-state index < -0.39 is 4.92 Å². The molecule has 0 aromatic carbocycles. The van der Waals surface area contributed by atoms with Gasteiger partial charge in [0, 0.05) is 32.1 Å². The Labute approximate surface area is 108 Å². The molecule has 2 rings (SSSR count). The Morgan fingerprint density at radius 1 is 1.50 bits per heavy atom. The van der Waals surface area contributed by atoms with E-state index in [9.17, 15) is 10.1 Å². The highest BCUT2D eigenvalue weighted by Crippen LogP contribution is 2.26. The lowest BCUT2D eigenvalue weighted by atomic mass is 10.2. The molecule has 0 aliphatic carbocycles. The first kappa shape index (κ1) is 12.4. The molecule has 0 atom stereocenters. The summed E-state index contributed by atoms with van der Waals surface area (Å²) in [5.41, 5.74) is 0.977. The monoisotopic (exact) mass is 266 g/mol. The first-order chi connectivity index (χ1) is 8.58. The quantitative estimate of drug-likeness (QED) is 0.524. The maximum Gasteiger partial charge on any atom is 0.310 e. The topological polar surface area (TPSA) is 75.1 Å². The number of aromatic nitrogens is 2. The van der Waals surface area contributed by atoms with Gasteiger partial charge >= 0.3 is 5.69 Å². The second kappa shape index (κ2) is 5.05. The van der Waals surface area contributed by atoms with Gasteiger partial charge < -0.3 is 9.88 Å². The largest absolute Gasteiger partial charge is 0.351 e. The van der Waals surface area contributed by atoms with Crippen molar-refractivity contribution in [2.75, 3.05) is 11.9 Å². The van der Waals surface area contributed by atoms with Crippen molar-refractivity contribution in [3.05, 3.63) is 51.4 Å². The smallest absolute Gasteiger partial charge is 0.310 e. The Hall–Kier alpha value is -2.08. The van der Waals surface area contributed by atoms with Crippen molar-refractivity contribution in [3.8, 4) is 0 Å². The van der Waals surface area contributed by atoms with Gasteiger partial charge in [-0.1, -0.05) is 17.7 Å². The molecular weight excluding hydrogens is 256 g/mol. The number of pyridine rings is 1. The summed E-state index contributed by atoms with van der Waals surface area (Å²) >= 11 is 5.69. The molecule has 7 heteroatoms. The molecular formula is C11H11ClN4O2. The van der Waals surface area contributed by atoms with E-state index in [-0.39, 0.29) is 5.69 Å². The average Bonchev–Trinajstić information content (AvgIpc) is 2.81. The molecule has 0 aliphatic rings. The van der Waals surface area contributed by atoms with Crippen LogP contribution >= 0.6 is 11.6 Å². The molecule has 94 valence electrons. The minimum Gasteiger partial charge on any atom is -0.351 e. The van der Waals surface area contributed by atoms with Crippen molar-refractivity contribution in [2.24, 2.45) is 0 Å². The molecule has 0 aliphatic heterocycles. The average molecular weight is 267 g/mol. The van der Waals surface area contributed by atoms with Crippen LogP contribution in [0.5, 0.6) is 0 Å². The minimum absolute atomic E-state index is 0.0550. The second-order valence-corrected chi connectivity index (χ2v) is 4.20. The minimum atomic E-state index is -0.414. The molecule has 1 N–H and O–H groups in total. The van der Waals surface area contributed by atoms with Crippen molar-refractivity contribution in [2.45, 2.75) is 6.54 Å². The molecule has 0 unspecified atom stereocenters. The molecule has 0 fully saturated rings. The number of rotatable bonds is 4. The fourth-order valence-electron chi connectivity index (χ4n) is 1.66. The lowest BCUT2D eigenvalue weighted by Gasteiger charge is -2.16. The molecule has 0 saturated heterocycles. The zero-order chi connectivity index (χ0) is 13.1. The van der Waals surface area contributed by atoms with Gasteiger partial charge in [-0.05, 0) is 11.6 Å². The standard InChI is InChI=1S/C11H11ClN4O2/c1-15(7-8-2-3-10(12)14-6-8)11-9(16(17)18)4-5-13-11/h2-6,13H,7H2,1H3. The number of nitrogens with zero attached hydrogens (tertiary/aromatic N) is 3. The van der Waals surface area contributed by atoms with Crippen LogP contribution in [0.3, 0.4) is 0 Å². The van der Waals surface area contributed by atoms with E-state index >= 15 is 0 Å². The zero-order valence-electron chi connectivity index (χ0n) is 9.63. The third-order valence-electron chi connectivity index (χ3n) is 2.49. The number of hydrogen-bond donors (Lipinski definition) is 1. The van der Waals surface area contributed by atoms with Crippen molar-refractivity contribution < 1.29 is 4.92 Å². The van der Waals surface area contributed by atoms with Crippen molar-refractivity contribution in [1.82, 2.24) is 9.97 Å². The third-order valence-corrected chi connectivity index (χ3v) is 2.71. The molecule has 0 amide bonds. The van der Waals surface area contributed by atoms with E-state index in [1.165, 1.54) is 6.07 Å². The van der Waals surface area contributed by atoms with Crippen molar-refractivity contribution >= 4 is 23.1 Å². The van der Waals surface area contributed by atoms with Gasteiger partial charge in [-0.25, -0.2) is 4.98 Å². The summed E-state index contributed by atoms with van der Waals surface area (Å²) in [6, 6.07) is 4.96. The second-order valence-electron chi connectivity index (χ2n) is 3.81. The van der Waals surface area contributed by atoms with Crippen LogP contribution in [0.2, 0.25) is 5.15 Å². The number of halogens is 1. The summed E-state index contributed by atoms with van der Waals surface area (Å²) in [5.74, 6) is 0.468. The predicted molar refractivity (Wildman–Crippen MR) is 68.8 cm³/mol. The number of H-pyrrole nitrogens is 1. The Morgan fingerprint density at radius 3 is 2.89 bits per heavy atom. The number of nitro groups is 1. The number of nitrogens with one attached hydrogen (secondary N) is 1. The van der Waals surface area contributed by atoms with Crippen LogP contribution in [0.1, 0.15) is 5.56 Å². The van der Waals surface area contributed by atoms with E-state index in [1.807, 2.05) is 6.07 Å². The summed E-state index contributed by atoms with van der Waals surface area (Å²) in [6.07, 6.45) is 3.19. The highest BCUT2D eigenvalue weighted by Gasteiger charge is 2.18. The summed E-state index contributed by atoms with van der Waals surface area (Å²) in [7, 11) is 1.77. The molecule has 0 spiro atoms. The summed E-state index contributed by atoms with van der Waals surface area (Å²) in [6.45, 7) is 0.505. The van der Waals surface area contributed by atoms with Crippen LogP contribution in [0, 0.1) is 10.1 Å². The maximum absolute atomic E-state index is 10.8. The summed E-state index contributed by atoms with van der Waals surface area (Å²) < 4.78 is 0. The molecule has 6 nitrogen and oxygen atoms in total. The Kier molecular flexibility index (Phi) is 3.47. The highest BCUT2D eigenvalue weighted by molar-refractivity contribution is 6.29. The lowest BCUT2D eigenvalue weighted by Crippen LogP contribution is -2.17. The SMILES string of the molecule is CN(Cc1ccc(Cl)nc1)c1[nH]ccc1[N+](=O)[O-]. The molecule has 18 heavy (non-hydrogen) atoms. The molecule has 2 aromatic rings. The van der Waals surface area contributed by atoms with Crippen LogP contribution in [0.4, 0.5) is 11.5 Å². The van der Waals surface area contributed by atoms with Crippen LogP contribution in [0.15, 0.2) is 30.6 Å². The third kappa shape index (κ3) is 2.60. The summed E-state index contributed by atoms with van der Waals surface area (Å²) in [5, 5.41) is 11.2. The van der Waals surface area contributed by atoms with Gasteiger partial charge in [0.05, 0.1) is 4.92 Å². The van der Waals surface area contributed by atoms with Gasteiger partial charge in [-0.3, -0.25) is 10.1 Å². The Bertz CT molecular complexity index is 552. The molecule has 0 saturated carbocycles. The number of hydrogen-bond acceptors (Lipinski definition) is 4. The number of anilines is 1. The van der Waals surface area contributed by atoms with Crippen molar-refractivity contribution in [1.29, 1.82) is 0 Å². The van der Waals surface area contributed by atoms with E-state index in [0.717, 1.165) is 5.56 Å². The molecule has 2 heterocycles. The van der Waals surface area contributed by atoms with E-state index in [2.05, 4.69) is 9.97 Å². The van der Waals surface area contributed by atoms with Gasteiger partial charge in [0.25, 0.3) is 0 Å². The lowest BCUT2D eigenvalue weighted by molar-refractivity contribution is -0.384. The molecule has 2 aromatic heterocycles. The van der Waals surface area contributed by atoms with Crippen LogP contribution in [0.25, 0.3) is 0 Å². The van der Waals surface area contributed by atoms with Crippen LogP contribution in [-0.4, -0.2) is 21.9 Å². The molecule has 0 bridgehead atoms. The van der Waals surface area contributed by atoms with Gasteiger partial charge in [-0.2, -0.15) is 0 Å². The fourth-order valence-corrected chi connectivity index (χ4v) is 1.77. The van der Waals surface area contributed by atoms with Gasteiger partial charge in [0.2, 0.25) is 0 Å². The maximum atomic E-state index is 10.8. The zero-order valence-corrected chi connectivity index (χ0v) is 10.4. The van der Waals surface area contributed by atoms with Gasteiger partial charge in [-0.15, -0.1) is 0 Å². The Morgan fingerprint density at radius 2 is 2.28 bits per heavy atom. The summed E-state index contributed by atoms with van der Waals surface area (Å²) in [4.78, 5) is 19.0. The van der Waals surface area contributed by atoms with E-state index in [1.54, 1.807) is 30.4 Å². The Balaban J connectivity index is 2.16. The van der Waals surface area contributed by atoms with Gasteiger partial charge in [0.15, 0.2) is 5.82 Å². The highest BCUT2D eigenvalue weighted by atomic mass is 35.5. The predicted octanol–water partition coefficient (Wildman–Crippen LogP) is 2.61. The van der Waals surface area contributed by atoms with Gasteiger partial charge in [0.1, 0.15) is 5.15 Å². The molecule has 0 radical (unpaired) electrons. The van der Waals surface area contributed by atoms with Crippen LogP contribution < -0.4 is 4.90 Å². The first-order valence-corrected chi connectivity index (χ1v) is 5.59. The van der Waals surface area contributed by atoms with Crippen LogP contribution in [-0.2, 0) is 6.54 Å². The van der Waals surface area contributed by atoms with E-state index in [0.29, 0.717) is 17.5 Å². The van der Waals surface area contributed by atoms with Crippen molar-refractivity contribution in [3.63, 3.8) is 0 Å².